The molecule has 2 N–H and O–H groups in total. The van der Waals surface area contributed by atoms with E-state index < -0.39 is 12.8 Å². The summed E-state index contributed by atoms with van der Waals surface area (Å²) in [5.74, 6) is 1.66. The Bertz CT molecular complexity index is 1100. The highest BCUT2D eigenvalue weighted by Gasteiger charge is 2.27. The molecule has 1 aliphatic rings. The number of piperazine rings is 1. The first-order valence-electron chi connectivity index (χ1n) is 10.8. The third-order valence-electron chi connectivity index (χ3n) is 5.27. The van der Waals surface area contributed by atoms with Crippen molar-refractivity contribution >= 4 is 28.6 Å². The van der Waals surface area contributed by atoms with Crippen molar-refractivity contribution in [3.8, 4) is 0 Å². The van der Waals surface area contributed by atoms with E-state index in [0.29, 0.717) is 40.4 Å². The van der Waals surface area contributed by atoms with Gasteiger partial charge in [-0.05, 0) is 32.4 Å². The van der Waals surface area contributed by atoms with Crippen molar-refractivity contribution < 1.29 is 17.9 Å². The molecule has 0 saturated carbocycles. The van der Waals surface area contributed by atoms with Crippen LogP contribution in [0.5, 0.6) is 0 Å². The summed E-state index contributed by atoms with van der Waals surface area (Å²) in [7, 11) is 0. The van der Waals surface area contributed by atoms with Crippen LogP contribution in [0.1, 0.15) is 18.2 Å². The van der Waals surface area contributed by atoms with Crippen LogP contribution >= 0.6 is 0 Å². The molecule has 0 aliphatic carbocycles. The van der Waals surface area contributed by atoms with E-state index in [1.807, 2.05) is 26.0 Å². The molecule has 0 radical (unpaired) electrons. The smallest absolute Gasteiger partial charge is 0.370 e. The monoisotopic (exact) mass is 464 g/mol. The lowest BCUT2D eigenvalue weighted by molar-refractivity contribution is -0.174. The van der Waals surface area contributed by atoms with Crippen LogP contribution in [0.3, 0.4) is 0 Å². The van der Waals surface area contributed by atoms with Gasteiger partial charge in [0.25, 0.3) is 0 Å². The molecule has 33 heavy (non-hydrogen) atoms. The first kappa shape index (κ1) is 23.2. The molecule has 0 spiro atoms. The number of hydrogen-bond donors (Lipinski definition) is 2. The average molecular weight is 464 g/mol. The molecule has 4 rings (SSSR count). The van der Waals surface area contributed by atoms with Crippen LogP contribution in [-0.2, 0) is 11.3 Å². The van der Waals surface area contributed by atoms with Crippen LogP contribution in [0.25, 0.3) is 11.0 Å². The third kappa shape index (κ3) is 5.69. The first-order chi connectivity index (χ1) is 15.7. The summed E-state index contributed by atoms with van der Waals surface area (Å²) in [6, 6.07) is 4.07. The van der Waals surface area contributed by atoms with Gasteiger partial charge < -0.3 is 20.3 Å². The van der Waals surface area contributed by atoms with Gasteiger partial charge in [0.05, 0.1) is 18.8 Å². The van der Waals surface area contributed by atoms with Crippen molar-refractivity contribution in [3.63, 3.8) is 0 Å². The molecular formula is C21H27F3N8O. The summed E-state index contributed by atoms with van der Waals surface area (Å²) in [5.41, 5.74) is 2.91. The molecule has 0 aromatic carbocycles. The Morgan fingerprint density at radius 1 is 1.24 bits per heavy atom. The normalized spacial score (nSPS) is 17.0. The predicted octanol–water partition coefficient (Wildman–Crippen LogP) is 2.96. The van der Waals surface area contributed by atoms with Crippen LogP contribution < -0.4 is 15.5 Å². The molecular weight excluding hydrogens is 437 g/mol. The second-order valence-electron chi connectivity index (χ2n) is 8.19. The topological polar surface area (TPSA) is 93.0 Å². The molecule has 3 aromatic heterocycles. The van der Waals surface area contributed by atoms with Crippen LogP contribution in [0.15, 0.2) is 18.3 Å². The quantitative estimate of drug-likeness (QED) is 0.516. The van der Waals surface area contributed by atoms with Gasteiger partial charge in [0.15, 0.2) is 5.82 Å². The molecule has 1 aliphatic heterocycles. The van der Waals surface area contributed by atoms with Gasteiger partial charge in [-0.2, -0.15) is 23.3 Å². The van der Waals surface area contributed by atoms with Crippen molar-refractivity contribution in [2.24, 2.45) is 0 Å². The lowest BCUT2D eigenvalue weighted by atomic mass is 10.2. The molecule has 0 amide bonds. The highest BCUT2D eigenvalue weighted by molar-refractivity contribution is 5.90. The van der Waals surface area contributed by atoms with Crippen LogP contribution in [0, 0.1) is 13.8 Å². The molecule has 3 aromatic rings. The van der Waals surface area contributed by atoms with E-state index in [4.69, 9.17) is 14.7 Å². The van der Waals surface area contributed by atoms with E-state index in [-0.39, 0.29) is 13.2 Å². The van der Waals surface area contributed by atoms with Gasteiger partial charge in [-0.3, -0.25) is 4.68 Å². The number of rotatable bonds is 7. The fraction of sp³-hybridized carbons (Fsp3) is 0.524. The number of ether oxygens (including phenoxy) is 1. The zero-order chi connectivity index (χ0) is 23.6. The van der Waals surface area contributed by atoms with Crippen LogP contribution in [0.4, 0.5) is 30.8 Å². The molecule has 0 unspecified atom stereocenters. The van der Waals surface area contributed by atoms with Crippen molar-refractivity contribution in [2.75, 3.05) is 43.1 Å². The zero-order valence-electron chi connectivity index (χ0n) is 18.8. The number of alkyl halides is 3. The summed E-state index contributed by atoms with van der Waals surface area (Å²) >= 11 is 0. The minimum absolute atomic E-state index is 0.129. The Morgan fingerprint density at radius 3 is 2.76 bits per heavy atom. The van der Waals surface area contributed by atoms with E-state index in [1.165, 1.54) is 0 Å². The van der Waals surface area contributed by atoms with Gasteiger partial charge in [0.2, 0.25) is 5.95 Å². The van der Waals surface area contributed by atoms with Gasteiger partial charge in [-0.1, -0.05) is 6.07 Å². The number of aromatic nitrogens is 5. The van der Waals surface area contributed by atoms with E-state index in [1.54, 1.807) is 10.9 Å². The minimum atomic E-state index is -4.37. The number of hydrogen-bond acceptors (Lipinski definition) is 8. The maximum atomic E-state index is 12.4. The van der Waals surface area contributed by atoms with Crippen molar-refractivity contribution in [1.82, 2.24) is 30.0 Å². The van der Waals surface area contributed by atoms with E-state index >= 15 is 0 Å². The number of nitrogens with zero attached hydrogens (tertiary/aromatic N) is 6. The second-order valence-corrected chi connectivity index (χ2v) is 8.19. The summed E-state index contributed by atoms with van der Waals surface area (Å²) < 4.78 is 43.7. The molecule has 178 valence electrons. The third-order valence-corrected chi connectivity index (χ3v) is 5.27. The number of pyridine rings is 1. The molecule has 9 nitrogen and oxygen atoms in total. The molecule has 1 fully saturated rings. The lowest BCUT2D eigenvalue weighted by Crippen LogP contribution is -2.49. The zero-order valence-corrected chi connectivity index (χ0v) is 18.8. The van der Waals surface area contributed by atoms with Crippen molar-refractivity contribution in [3.05, 3.63) is 29.6 Å². The van der Waals surface area contributed by atoms with Crippen LogP contribution in [-0.4, -0.2) is 69.8 Å². The SMILES string of the molecule is Cc1ccc(Nc2nc(N3CCN[C@H](C)C3)nc3c(C)nn(CCOCC(F)(F)F)c23)nc1. The van der Waals surface area contributed by atoms with Crippen LogP contribution in [0.2, 0.25) is 0 Å². The molecule has 0 bridgehead atoms. The van der Waals surface area contributed by atoms with Gasteiger partial charge in [-0.15, -0.1) is 0 Å². The standard InChI is InChI=1S/C21H27F3N8O/c1-13-4-5-16(26-10-13)27-19-18-17(28-20(29-19)31-7-6-25-14(2)11-31)15(3)30-32(18)8-9-33-12-21(22,23)24/h4-5,10,14,25H,6-9,11-12H2,1-3H3,(H,26,27,28,29)/t14-/m1/s1. The summed E-state index contributed by atoms with van der Waals surface area (Å²) in [6.07, 6.45) is -2.63. The predicted molar refractivity (Wildman–Crippen MR) is 119 cm³/mol. The van der Waals surface area contributed by atoms with E-state index in [9.17, 15) is 13.2 Å². The molecule has 4 heterocycles. The first-order valence-corrected chi connectivity index (χ1v) is 10.8. The maximum absolute atomic E-state index is 12.4. The number of fused-ring (bicyclic) bond motifs is 1. The van der Waals surface area contributed by atoms with E-state index in [2.05, 4.69) is 32.5 Å². The summed E-state index contributed by atoms with van der Waals surface area (Å²) in [5, 5.41) is 11.2. The highest BCUT2D eigenvalue weighted by atomic mass is 19.4. The Balaban J connectivity index is 1.69. The fourth-order valence-electron chi connectivity index (χ4n) is 3.72. The number of aryl methyl sites for hydroxylation is 2. The lowest BCUT2D eigenvalue weighted by Gasteiger charge is -2.32. The Labute approximate surface area is 189 Å². The second kappa shape index (κ2) is 9.48. The van der Waals surface area contributed by atoms with Gasteiger partial charge in [0, 0.05) is 31.9 Å². The number of halogens is 3. The Hall–Kier alpha value is -2.99. The summed E-state index contributed by atoms with van der Waals surface area (Å²) in [6.45, 7) is 6.89. The molecule has 1 atom stereocenters. The van der Waals surface area contributed by atoms with Gasteiger partial charge >= 0.3 is 6.18 Å². The Kier molecular flexibility index (Phi) is 6.66. The van der Waals surface area contributed by atoms with Crippen molar-refractivity contribution in [2.45, 2.75) is 39.5 Å². The Morgan fingerprint density at radius 2 is 2.06 bits per heavy atom. The highest BCUT2D eigenvalue weighted by Crippen LogP contribution is 2.28. The van der Waals surface area contributed by atoms with Gasteiger partial charge in [0.1, 0.15) is 23.5 Å². The van der Waals surface area contributed by atoms with E-state index in [0.717, 1.165) is 25.2 Å². The van der Waals surface area contributed by atoms with Gasteiger partial charge in [-0.25, -0.2) is 9.97 Å². The number of nitrogens with one attached hydrogen (secondary N) is 2. The minimum Gasteiger partial charge on any atom is -0.370 e. The average Bonchev–Trinajstić information content (AvgIpc) is 3.08. The summed E-state index contributed by atoms with van der Waals surface area (Å²) in [4.78, 5) is 16.0. The maximum Gasteiger partial charge on any atom is 0.411 e. The number of anilines is 3. The largest absolute Gasteiger partial charge is 0.411 e. The van der Waals surface area contributed by atoms with Crippen molar-refractivity contribution in [1.29, 1.82) is 0 Å². The molecule has 1 saturated heterocycles. The fourth-order valence-corrected chi connectivity index (χ4v) is 3.72. The molecule has 12 heteroatoms.